The SMILES string of the molecule is NCCCCCN1C(=O)CNC1=O. The summed E-state index contributed by atoms with van der Waals surface area (Å²) in [6.07, 6.45) is 2.76. The van der Waals surface area contributed by atoms with Crippen molar-refractivity contribution in [2.45, 2.75) is 19.3 Å². The van der Waals surface area contributed by atoms with Crippen molar-refractivity contribution >= 4 is 11.9 Å². The fourth-order valence-corrected chi connectivity index (χ4v) is 1.27. The summed E-state index contributed by atoms with van der Waals surface area (Å²) in [4.78, 5) is 23.3. The number of imide groups is 1. The number of amides is 3. The van der Waals surface area contributed by atoms with E-state index in [1.807, 2.05) is 0 Å². The molecule has 74 valence electrons. The molecule has 0 spiro atoms. The molecule has 0 radical (unpaired) electrons. The molecule has 3 amide bonds. The molecule has 0 atom stereocenters. The standard InChI is InChI=1S/C8H15N3O2/c9-4-2-1-3-5-11-7(12)6-10-8(11)13/h1-6,9H2,(H,10,13). The Kier molecular flexibility index (Phi) is 3.70. The summed E-state index contributed by atoms with van der Waals surface area (Å²) in [7, 11) is 0. The van der Waals surface area contributed by atoms with E-state index in [9.17, 15) is 9.59 Å². The number of nitrogens with two attached hydrogens (primary N) is 1. The number of carbonyl (C=O) groups is 2. The summed E-state index contributed by atoms with van der Waals surface area (Å²) in [5.74, 6) is -0.127. The van der Waals surface area contributed by atoms with Gasteiger partial charge in [0.05, 0.1) is 6.54 Å². The highest BCUT2D eigenvalue weighted by molar-refractivity contribution is 6.01. The smallest absolute Gasteiger partial charge is 0.324 e. The third-order valence-corrected chi connectivity index (χ3v) is 2.02. The van der Waals surface area contributed by atoms with Crippen LogP contribution in [0.25, 0.3) is 0 Å². The van der Waals surface area contributed by atoms with Gasteiger partial charge in [-0.2, -0.15) is 0 Å². The zero-order chi connectivity index (χ0) is 9.68. The fraction of sp³-hybridized carbons (Fsp3) is 0.750. The Labute approximate surface area is 77.3 Å². The van der Waals surface area contributed by atoms with Crippen LogP contribution in [-0.4, -0.2) is 36.5 Å². The second-order valence-corrected chi connectivity index (χ2v) is 3.05. The van der Waals surface area contributed by atoms with Gasteiger partial charge in [0.2, 0.25) is 5.91 Å². The highest BCUT2D eigenvalue weighted by atomic mass is 16.2. The van der Waals surface area contributed by atoms with E-state index in [0.717, 1.165) is 19.3 Å². The summed E-state index contributed by atoms with van der Waals surface area (Å²) in [6, 6.07) is -0.266. The molecule has 5 nitrogen and oxygen atoms in total. The van der Waals surface area contributed by atoms with Gasteiger partial charge < -0.3 is 11.1 Å². The fourth-order valence-electron chi connectivity index (χ4n) is 1.27. The van der Waals surface area contributed by atoms with Crippen molar-refractivity contribution < 1.29 is 9.59 Å². The Morgan fingerprint density at radius 3 is 2.62 bits per heavy atom. The molecule has 1 aliphatic rings. The van der Waals surface area contributed by atoms with E-state index in [2.05, 4.69) is 5.32 Å². The van der Waals surface area contributed by atoms with Gasteiger partial charge in [0.25, 0.3) is 0 Å². The van der Waals surface area contributed by atoms with Crippen molar-refractivity contribution in [1.82, 2.24) is 10.2 Å². The molecular weight excluding hydrogens is 170 g/mol. The molecule has 0 saturated carbocycles. The number of carbonyl (C=O) groups excluding carboxylic acids is 2. The first-order chi connectivity index (χ1) is 6.25. The van der Waals surface area contributed by atoms with Gasteiger partial charge in [-0.1, -0.05) is 6.42 Å². The predicted molar refractivity (Wildman–Crippen MR) is 48.0 cm³/mol. The lowest BCUT2D eigenvalue weighted by Gasteiger charge is -2.11. The van der Waals surface area contributed by atoms with Gasteiger partial charge in [-0.3, -0.25) is 9.69 Å². The van der Waals surface area contributed by atoms with Crippen molar-refractivity contribution in [2.24, 2.45) is 5.73 Å². The average Bonchev–Trinajstić information content (AvgIpc) is 2.42. The Morgan fingerprint density at radius 2 is 2.08 bits per heavy atom. The molecule has 5 heteroatoms. The highest BCUT2D eigenvalue weighted by Crippen LogP contribution is 2.02. The first-order valence-corrected chi connectivity index (χ1v) is 4.54. The lowest BCUT2D eigenvalue weighted by molar-refractivity contribution is -0.125. The van der Waals surface area contributed by atoms with Crippen LogP contribution in [0.2, 0.25) is 0 Å². The Hall–Kier alpha value is -1.10. The second kappa shape index (κ2) is 4.81. The first-order valence-electron chi connectivity index (χ1n) is 4.54. The van der Waals surface area contributed by atoms with Crippen LogP contribution >= 0.6 is 0 Å². The normalized spacial score (nSPS) is 16.5. The molecular formula is C8H15N3O2. The van der Waals surface area contributed by atoms with E-state index in [-0.39, 0.29) is 18.5 Å². The molecule has 0 aromatic carbocycles. The van der Waals surface area contributed by atoms with Gasteiger partial charge >= 0.3 is 6.03 Å². The molecule has 13 heavy (non-hydrogen) atoms. The second-order valence-electron chi connectivity index (χ2n) is 3.05. The van der Waals surface area contributed by atoms with Crippen LogP contribution in [-0.2, 0) is 4.79 Å². The third kappa shape index (κ3) is 2.69. The van der Waals surface area contributed by atoms with Crippen molar-refractivity contribution in [2.75, 3.05) is 19.6 Å². The molecule has 3 N–H and O–H groups in total. The molecule has 1 heterocycles. The monoisotopic (exact) mass is 185 g/mol. The molecule has 0 bridgehead atoms. The highest BCUT2D eigenvalue weighted by Gasteiger charge is 2.27. The van der Waals surface area contributed by atoms with Crippen LogP contribution in [0, 0.1) is 0 Å². The van der Waals surface area contributed by atoms with Gasteiger partial charge in [0, 0.05) is 6.54 Å². The first kappa shape index (κ1) is 9.98. The number of nitrogens with one attached hydrogen (secondary N) is 1. The number of unbranched alkanes of at least 4 members (excludes halogenated alkanes) is 2. The Morgan fingerprint density at radius 1 is 1.31 bits per heavy atom. The maximum atomic E-state index is 11.1. The summed E-state index contributed by atoms with van der Waals surface area (Å²) < 4.78 is 0. The van der Waals surface area contributed by atoms with Gasteiger partial charge in [0.15, 0.2) is 0 Å². The minimum atomic E-state index is -0.266. The number of hydrogen-bond donors (Lipinski definition) is 2. The molecule has 1 saturated heterocycles. The van der Waals surface area contributed by atoms with Gasteiger partial charge in [-0.25, -0.2) is 4.79 Å². The van der Waals surface area contributed by atoms with E-state index in [0.29, 0.717) is 13.1 Å². The summed E-state index contributed by atoms with van der Waals surface area (Å²) in [6.45, 7) is 1.33. The maximum absolute atomic E-state index is 11.1. The maximum Gasteiger partial charge on any atom is 0.324 e. The van der Waals surface area contributed by atoms with Crippen LogP contribution in [0.3, 0.4) is 0 Å². The van der Waals surface area contributed by atoms with Crippen molar-refractivity contribution in [3.05, 3.63) is 0 Å². The molecule has 0 aromatic rings. The minimum Gasteiger partial charge on any atom is -0.330 e. The van der Waals surface area contributed by atoms with Crippen molar-refractivity contribution in [3.8, 4) is 0 Å². The Balaban J connectivity index is 2.20. The molecule has 1 fully saturated rings. The minimum absolute atomic E-state index is 0.127. The Bertz CT molecular complexity index is 190. The molecule has 0 unspecified atom stereocenters. The van der Waals surface area contributed by atoms with Crippen LogP contribution < -0.4 is 11.1 Å². The topological polar surface area (TPSA) is 75.4 Å². The summed E-state index contributed by atoms with van der Waals surface area (Å²) in [5, 5.41) is 2.47. The summed E-state index contributed by atoms with van der Waals surface area (Å²) in [5.41, 5.74) is 5.32. The number of nitrogens with zero attached hydrogens (tertiary/aromatic N) is 1. The van der Waals surface area contributed by atoms with E-state index in [1.165, 1.54) is 4.90 Å². The molecule has 1 rings (SSSR count). The average molecular weight is 185 g/mol. The predicted octanol–water partition coefficient (Wildman–Crippen LogP) is -0.333. The van der Waals surface area contributed by atoms with Gasteiger partial charge in [-0.05, 0) is 19.4 Å². The van der Waals surface area contributed by atoms with Crippen LogP contribution in [0.1, 0.15) is 19.3 Å². The van der Waals surface area contributed by atoms with Gasteiger partial charge in [-0.15, -0.1) is 0 Å². The molecule has 1 aliphatic heterocycles. The van der Waals surface area contributed by atoms with E-state index in [1.54, 1.807) is 0 Å². The lowest BCUT2D eigenvalue weighted by atomic mass is 10.2. The van der Waals surface area contributed by atoms with E-state index >= 15 is 0 Å². The van der Waals surface area contributed by atoms with Crippen molar-refractivity contribution in [3.63, 3.8) is 0 Å². The van der Waals surface area contributed by atoms with E-state index in [4.69, 9.17) is 5.73 Å². The molecule has 0 aliphatic carbocycles. The third-order valence-electron chi connectivity index (χ3n) is 2.02. The zero-order valence-electron chi connectivity index (χ0n) is 7.58. The summed E-state index contributed by atoms with van der Waals surface area (Å²) >= 11 is 0. The quantitative estimate of drug-likeness (QED) is 0.455. The largest absolute Gasteiger partial charge is 0.330 e. The van der Waals surface area contributed by atoms with Crippen LogP contribution in [0.15, 0.2) is 0 Å². The van der Waals surface area contributed by atoms with Crippen molar-refractivity contribution in [1.29, 1.82) is 0 Å². The van der Waals surface area contributed by atoms with Gasteiger partial charge in [0.1, 0.15) is 0 Å². The number of urea groups is 1. The number of hydrogen-bond acceptors (Lipinski definition) is 3. The van der Waals surface area contributed by atoms with Crippen LogP contribution in [0.5, 0.6) is 0 Å². The molecule has 0 aromatic heterocycles. The lowest BCUT2D eigenvalue weighted by Crippen LogP contribution is -2.31. The number of rotatable bonds is 5. The zero-order valence-corrected chi connectivity index (χ0v) is 7.58. The van der Waals surface area contributed by atoms with E-state index < -0.39 is 0 Å². The van der Waals surface area contributed by atoms with Crippen LogP contribution in [0.4, 0.5) is 4.79 Å².